The van der Waals surface area contributed by atoms with Crippen LogP contribution in [-0.4, -0.2) is 11.0 Å². The molecule has 4 nitrogen and oxygen atoms in total. The lowest BCUT2D eigenvalue weighted by atomic mass is 10.0. The monoisotopic (exact) mass is 308 g/mol. The van der Waals surface area contributed by atoms with E-state index in [0.717, 1.165) is 15.7 Å². The fraction of sp³-hybridized carbons (Fsp3) is 0.286. The third kappa shape index (κ3) is 2.51. The Hall–Kier alpha value is -1.59. The molecule has 1 aliphatic heterocycles. The molecule has 1 aromatic carbocycles. The number of nitrogens with zero attached hydrogens (tertiary/aromatic N) is 1. The molecule has 1 aromatic heterocycles. The number of aromatic nitrogens is 1. The third-order valence-electron chi connectivity index (χ3n) is 3.29. The number of carbonyl (C=O) groups excluding carboxylic acids is 1. The van der Waals surface area contributed by atoms with Gasteiger partial charge in [-0.15, -0.1) is 0 Å². The molecule has 1 N–H and O–H groups in total. The number of halogens is 1. The first-order valence-corrected chi connectivity index (χ1v) is 7.46. The third-order valence-corrected chi connectivity index (χ3v) is 4.78. The summed E-state index contributed by atoms with van der Waals surface area (Å²) < 4.78 is 5.40. The van der Waals surface area contributed by atoms with Crippen molar-refractivity contribution >= 4 is 39.7 Å². The molecule has 104 valence electrons. The molecule has 0 aliphatic carbocycles. The highest BCUT2D eigenvalue weighted by molar-refractivity contribution is 7.15. The number of hydrogen-bond acceptors (Lipinski definition) is 5. The second-order valence-electron chi connectivity index (χ2n) is 4.84. The molecule has 0 bridgehead atoms. The van der Waals surface area contributed by atoms with E-state index in [1.807, 2.05) is 31.2 Å². The van der Waals surface area contributed by atoms with Crippen molar-refractivity contribution in [2.24, 2.45) is 0 Å². The first-order chi connectivity index (χ1) is 9.57. The SMILES string of the molecule is C[C@@]1(c2cnc(Nc3ccccc3Cl)s2)CCC(=O)O1. The number of cyclic esters (lactones) is 1. The average molecular weight is 309 g/mol. The van der Waals surface area contributed by atoms with Gasteiger partial charge in [0.2, 0.25) is 0 Å². The zero-order valence-corrected chi connectivity index (χ0v) is 12.4. The summed E-state index contributed by atoms with van der Waals surface area (Å²) >= 11 is 7.58. The van der Waals surface area contributed by atoms with Gasteiger partial charge in [-0.25, -0.2) is 4.98 Å². The van der Waals surface area contributed by atoms with Crippen LogP contribution in [0.1, 0.15) is 24.6 Å². The van der Waals surface area contributed by atoms with Crippen LogP contribution in [0.5, 0.6) is 0 Å². The van der Waals surface area contributed by atoms with Crippen molar-refractivity contribution in [1.82, 2.24) is 4.98 Å². The van der Waals surface area contributed by atoms with E-state index >= 15 is 0 Å². The van der Waals surface area contributed by atoms with Crippen LogP contribution in [-0.2, 0) is 15.1 Å². The number of nitrogens with one attached hydrogen (secondary N) is 1. The van der Waals surface area contributed by atoms with Crippen LogP contribution in [0.15, 0.2) is 30.5 Å². The lowest BCUT2D eigenvalue weighted by Gasteiger charge is -2.19. The Kier molecular flexibility index (Phi) is 3.40. The molecule has 3 rings (SSSR count). The Morgan fingerprint density at radius 3 is 2.95 bits per heavy atom. The van der Waals surface area contributed by atoms with Gasteiger partial charge in [0.15, 0.2) is 5.13 Å². The fourth-order valence-corrected chi connectivity index (χ4v) is 3.24. The highest BCUT2D eigenvalue weighted by Crippen LogP contribution is 2.40. The van der Waals surface area contributed by atoms with Crippen LogP contribution in [0, 0.1) is 0 Å². The predicted octanol–water partition coefficient (Wildman–Crippen LogP) is 4.09. The maximum atomic E-state index is 11.3. The van der Waals surface area contributed by atoms with Crippen LogP contribution in [0.25, 0.3) is 0 Å². The number of carbonyl (C=O) groups is 1. The summed E-state index contributed by atoms with van der Waals surface area (Å²) in [5, 5.41) is 4.55. The van der Waals surface area contributed by atoms with Crippen LogP contribution in [0.3, 0.4) is 0 Å². The van der Waals surface area contributed by atoms with Gasteiger partial charge in [-0.3, -0.25) is 4.79 Å². The highest BCUT2D eigenvalue weighted by Gasteiger charge is 2.39. The molecular weight excluding hydrogens is 296 g/mol. The standard InChI is InChI=1S/C14H13ClN2O2S/c1-14(7-6-12(18)19-14)11-8-16-13(20-11)17-10-5-3-2-4-9(10)15/h2-5,8H,6-7H2,1H3,(H,16,17)/t14-/m0/s1. The molecule has 2 aromatic rings. The minimum atomic E-state index is -0.546. The molecule has 0 radical (unpaired) electrons. The minimum absolute atomic E-state index is 0.151. The van der Waals surface area contributed by atoms with Crippen molar-refractivity contribution in [3.8, 4) is 0 Å². The van der Waals surface area contributed by atoms with Crippen molar-refractivity contribution in [3.63, 3.8) is 0 Å². The molecule has 0 saturated carbocycles. The second-order valence-corrected chi connectivity index (χ2v) is 6.28. The number of hydrogen-bond donors (Lipinski definition) is 1. The molecule has 1 aliphatic rings. The van der Waals surface area contributed by atoms with E-state index in [1.54, 1.807) is 6.20 Å². The maximum Gasteiger partial charge on any atom is 0.306 e. The second kappa shape index (κ2) is 5.07. The molecule has 2 heterocycles. The number of thiazole rings is 1. The quantitative estimate of drug-likeness (QED) is 0.868. The summed E-state index contributed by atoms with van der Waals surface area (Å²) in [4.78, 5) is 16.6. The molecule has 1 fully saturated rings. The van der Waals surface area contributed by atoms with Gasteiger partial charge in [-0.1, -0.05) is 35.1 Å². The maximum absolute atomic E-state index is 11.3. The highest BCUT2D eigenvalue weighted by atomic mass is 35.5. The predicted molar refractivity (Wildman–Crippen MR) is 79.5 cm³/mol. The smallest absolute Gasteiger partial charge is 0.306 e. The van der Waals surface area contributed by atoms with Crippen molar-refractivity contribution in [1.29, 1.82) is 0 Å². The van der Waals surface area contributed by atoms with Crippen molar-refractivity contribution < 1.29 is 9.53 Å². The van der Waals surface area contributed by atoms with E-state index in [1.165, 1.54) is 11.3 Å². The molecule has 0 unspecified atom stereocenters. The van der Waals surface area contributed by atoms with E-state index in [0.29, 0.717) is 17.9 Å². The van der Waals surface area contributed by atoms with E-state index in [-0.39, 0.29) is 5.97 Å². The van der Waals surface area contributed by atoms with E-state index < -0.39 is 5.60 Å². The Morgan fingerprint density at radius 1 is 1.45 bits per heavy atom. The summed E-state index contributed by atoms with van der Waals surface area (Å²) in [5.41, 5.74) is 0.262. The summed E-state index contributed by atoms with van der Waals surface area (Å²) in [6.45, 7) is 1.92. The van der Waals surface area contributed by atoms with Crippen molar-refractivity contribution in [2.45, 2.75) is 25.4 Å². The normalized spacial score (nSPS) is 21.8. The lowest BCUT2D eigenvalue weighted by Crippen LogP contribution is -2.19. The fourth-order valence-electron chi connectivity index (χ4n) is 2.12. The van der Waals surface area contributed by atoms with E-state index in [4.69, 9.17) is 16.3 Å². The van der Waals surface area contributed by atoms with Crippen LogP contribution >= 0.6 is 22.9 Å². The van der Waals surface area contributed by atoms with Gasteiger partial charge in [0.05, 0.1) is 15.6 Å². The number of anilines is 2. The number of benzene rings is 1. The Labute approximate surface area is 125 Å². The number of esters is 1. The number of rotatable bonds is 3. The first-order valence-electron chi connectivity index (χ1n) is 6.26. The van der Waals surface area contributed by atoms with Crippen molar-refractivity contribution in [3.05, 3.63) is 40.4 Å². The van der Waals surface area contributed by atoms with Gasteiger partial charge in [-0.05, 0) is 19.1 Å². The lowest BCUT2D eigenvalue weighted by molar-refractivity contribution is -0.147. The Morgan fingerprint density at radius 2 is 2.25 bits per heavy atom. The molecule has 1 atom stereocenters. The summed E-state index contributed by atoms with van der Waals surface area (Å²) in [6, 6.07) is 7.49. The molecular formula is C14H13ClN2O2S. The van der Waals surface area contributed by atoms with Crippen molar-refractivity contribution in [2.75, 3.05) is 5.32 Å². The molecule has 0 amide bonds. The van der Waals surface area contributed by atoms with E-state index in [2.05, 4.69) is 10.3 Å². The average Bonchev–Trinajstić information content (AvgIpc) is 3.01. The van der Waals surface area contributed by atoms with Gasteiger partial charge in [0.1, 0.15) is 5.60 Å². The Balaban J connectivity index is 1.81. The van der Waals surface area contributed by atoms with Gasteiger partial charge in [0, 0.05) is 19.0 Å². The van der Waals surface area contributed by atoms with E-state index in [9.17, 15) is 4.79 Å². The molecule has 6 heteroatoms. The summed E-state index contributed by atoms with van der Waals surface area (Å²) in [6.07, 6.45) is 2.91. The van der Waals surface area contributed by atoms with Crippen LogP contribution < -0.4 is 5.32 Å². The van der Waals surface area contributed by atoms with Gasteiger partial charge in [-0.2, -0.15) is 0 Å². The molecule has 0 spiro atoms. The largest absolute Gasteiger partial charge is 0.454 e. The topological polar surface area (TPSA) is 51.2 Å². The Bertz CT molecular complexity index is 658. The number of para-hydroxylation sites is 1. The van der Waals surface area contributed by atoms with Gasteiger partial charge in [0.25, 0.3) is 0 Å². The van der Waals surface area contributed by atoms with Crippen LogP contribution in [0.4, 0.5) is 10.8 Å². The zero-order chi connectivity index (χ0) is 14.2. The van der Waals surface area contributed by atoms with Crippen LogP contribution in [0.2, 0.25) is 5.02 Å². The van der Waals surface area contributed by atoms with Gasteiger partial charge < -0.3 is 10.1 Å². The van der Waals surface area contributed by atoms with Gasteiger partial charge >= 0.3 is 5.97 Å². The minimum Gasteiger partial charge on any atom is -0.454 e. The molecule has 20 heavy (non-hydrogen) atoms. The first kappa shape index (κ1) is 13.4. The zero-order valence-electron chi connectivity index (χ0n) is 10.9. The molecule has 1 saturated heterocycles. The number of ether oxygens (including phenoxy) is 1. The summed E-state index contributed by atoms with van der Waals surface area (Å²) in [7, 11) is 0. The summed E-state index contributed by atoms with van der Waals surface area (Å²) in [5.74, 6) is -0.151.